The minimum absolute atomic E-state index is 0.0112. The summed E-state index contributed by atoms with van der Waals surface area (Å²) in [5, 5.41) is 2.30. The lowest BCUT2D eigenvalue weighted by Crippen LogP contribution is -2.38. The molecular weight excluding hydrogens is 601 g/mol. The van der Waals surface area contributed by atoms with Gasteiger partial charge >= 0.3 is 0 Å². The predicted molar refractivity (Wildman–Crippen MR) is 156 cm³/mol. The van der Waals surface area contributed by atoms with Crippen molar-refractivity contribution in [3.8, 4) is 5.75 Å². The number of thioether (sulfide) groups is 1. The molecular formula is C29H25BrFN3O5S. The summed E-state index contributed by atoms with van der Waals surface area (Å²) in [6.07, 6.45) is 1.54. The van der Waals surface area contributed by atoms with Gasteiger partial charge in [0.05, 0.1) is 29.5 Å². The van der Waals surface area contributed by atoms with Crippen LogP contribution >= 0.6 is 27.7 Å². The van der Waals surface area contributed by atoms with Gasteiger partial charge in [0.15, 0.2) is 0 Å². The van der Waals surface area contributed by atoms with Gasteiger partial charge in [-0.3, -0.25) is 19.3 Å². The number of amides is 3. The van der Waals surface area contributed by atoms with Crippen LogP contribution in [0.1, 0.15) is 11.1 Å². The number of morpholine rings is 1. The largest absolute Gasteiger partial charge is 0.488 e. The Kier molecular flexibility index (Phi) is 8.83. The lowest BCUT2D eigenvalue weighted by atomic mass is 10.1. The summed E-state index contributed by atoms with van der Waals surface area (Å²) in [5.41, 5.74) is 2.37. The van der Waals surface area contributed by atoms with Gasteiger partial charge in [-0.2, -0.15) is 0 Å². The van der Waals surface area contributed by atoms with Gasteiger partial charge < -0.3 is 19.7 Å². The molecule has 0 aliphatic carbocycles. The molecule has 2 aliphatic rings. The number of carbonyl (C=O) groups is 3. The predicted octanol–water partition coefficient (Wildman–Crippen LogP) is 5.68. The van der Waals surface area contributed by atoms with Crippen LogP contribution in [0.5, 0.6) is 5.75 Å². The number of nitrogens with one attached hydrogen (secondary N) is 1. The van der Waals surface area contributed by atoms with Crippen LogP contribution in [0.2, 0.25) is 0 Å². The third-order valence-electron chi connectivity index (χ3n) is 6.30. The summed E-state index contributed by atoms with van der Waals surface area (Å²) in [6.45, 7) is 2.15. The molecule has 40 heavy (non-hydrogen) atoms. The highest BCUT2D eigenvalue weighted by atomic mass is 79.9. The van der Waals surface area contributed by atoms with E-state index in [0.29, 0.717) is 48.9 Å². The highest BCUT2D eigenvalue weighted by molar-refractivity contribution is 9.10. The van der Waals surface area contributed by atoms with Gasteiger partial charge in [0.25, 0.3) is 11.1 Å². The van der Waals surface area contributed by atoms with E-state index in [1.54, 1.807) is 42.5 Å². The van der Waals surface area contributed by atoms with Gasteiger partial charge in [0.1, 0.15) is 24.7 Å². The maximum Gasteiger partial charge on any atom is 0.294 e. The molecule has 0 aromatic heterocycles. The molecule has 0 bridgehead atoms. The van der Waals surface area contributed by atoms with E-state index in [2.05, 4.69) is 26.1 Å². The molecule has 2 fully saturated rings. The van der Waals surface area contributed by atoms with Crippen LogP contribution in [-0.2, 0) is 20.9 Å². The van der Waals surface area contributed by atoms with Crippen LogP contribution in [0.15, 0.2) is 76.1 Å². The molecule has 0 saturated carbocycles. The lowest BCUT2D eigenvalue weighted by molar-refractivity contribution is -0.127. The Morgan fingerprint density at radius 2 is 1.82 bits per heavy atom. The molecule has 206 valence electrons. The Balaban J connectivity index is 1.28. The van der Waals surface area contributed by atoms with Crippen molar-refractivity contribution in [1.82, 2.24) is 4.90 Å². The number of halogens is 2. The fourth-order valence-corrected chi connectivity index (χ4v) is 5.51. The number of imide groups is 1. The zero-order valence-corrected chi connectivity index (χ0v) is 23.7. The van der Waals surface area contributed by atoms with Crippen LogP contribution in [0.4, 0.5) is 20.6 Å². The molecule has 8 nitrogen and oxygen atoms in total. The second-order valence-corrected chi connectivity index (χ2v) is 10.9. The Morgan fingerprint density at radius 1 is 1.07 bits per heavy atom. The number of hydrogen-bond donors (Lipinski definition) is 1. The standard InChI is InChI=1S/C29H25BrFN3O5S/c30-21-9-10-25(39-18-19-5-1-2-6-22(19)31)20(15-21)16-26-28(36)34(29(37)40-26)17-27(35)32-23-7-3-4-8-24(23)33-11-13-38-14-12-33/h1-10,15-16H,11-14,17-18H2,(H,32,35)/b26-16-. The van der Waals surface area contributed by atoms with Crippen molar-refractivity contribution in [2.45, 2.75) is 6.61 Å². The quantitative estimate of drug-likeness (QED) is 0.322. The van der Waals surface area contributed by atoms with Crippen molar-refractivity contribution in [2.75, 3.05) is 43.1 Å². The monoisotopic (exact) mass is 625 g/mol. The number of benzene rings is 3. The van der Waals surface area contributed by atoms with Crippen LogP contribution < -0.4 is 15.0 Å². The minimum atomic E-state index is -0.577. The number of ether oxygens (including phenoxy) is 2. The second kappa shape index (κ2) is 12.7. The fourth-order valence-electron chi connectivity index (χ4n) is 4.30. The highest BCUT2D eigenvalue weighted by Crippen LogP contribution is 2.35. The van der Waals surface area contributed by atoms with E-state index in [9.17, 15) is 18.8 Å². The first-order valence-corrected chi connectivity index (χ1v) is 14.1. The summed E-state index contributed by atoms with van der Waals surface area (Å²) in [5.74, 6) is -1.03. The highest BCUT2D eigenvalue weighted by Gasteiger charge is 2.36. The number of carbonyl (C=O) groups excluding carboxylic acids is 3. The number of para-hydroxylation sites is 2. The summed E-state index contributed by atoms with van der Waals surface area (Å²) < 4.78 is 26.0. The molecule has 3 amide bonds. The van der Waals surface area contributed by atoms with E-state index in [1.807, 2.05) is 18.2 Å². The van der Waals surface area contributed by atoms with E-state index in [4.69, 9.17) is 9.47 Å². The zero-order valence-electron chi connectivity index (χ0n) is 21.3. The SMILES string of the molecule is O=C(CN1C(=O)S/C(=C\c2cc(Br)ccc2OCc2ccccc2F)C1=O)Nc1ccccc1N1CCOCC1. The molecule has 3 aromatic rings. The first kappa shape index (κ1) is 27.9. The Bertz CT molecular complexity index is 1480. The lowest BCUT2D eigenvalue weighted by Gasteiger charge is -2.30. The first-order valence-electron chi connectivity index (χ1n) is 12.5. The number of rotatable bonds is 8. The number of anilines is 2. The van der Waals surface area contributed by atoms with E-state index < -0.39 is 23.6 Å². The first-order chi connectivity index (χ1) is 19.4. The van der Waals surface area contributed by atoms with Gasteiger partial charge in [-0.05, 0) is 54.2 Å². The number of nitrogens with zero attached hydrogens (tertiary/aromatic N) is 2. The van der Waals surface area contributed by atoms with Gasteiger partial charge in [-0.1, -0.05) is 46.3 Å². The molecule has 0 atom stereocenters. The Labute approximate surface area is 243 Å². The molecule has 5 rings (SSSR count). The van der Waals surface area contributed by atoms with Crippen molar-refractivity contribution < 1.29 is 28.2 Å². The Morgan fingerprint density at radius 3 is 2.62 bits per heavy atom. The van der Waals surface area contributed by atoms with Gasteiger partial charge in [-0.25, -0.2) is 4.39 Å². The summed E-state index contributed by atoms with van der Waals surface area (Å²) in [7, 11) is 0. The average Bonchev–Trinajstić information content (AvgIpc) is 3.21. The second-order valence-electron chi connectivity index (χ2n) is 8.99. The minimum Gasteiger partial charge on any atom is -0.488 e. The molecule has 0 unspecified atom stereocenters. The molecule has 2 saturated heterocycles. The van der Waals surface area contributed by atoms with E-state index in [-0.39, 0.29) is 17.3 Å². The van der Waals surface area contributed by atoms with Crippen LogP contribution in [-0.4, -0.2) is 54.8 Å². The molecule has 1 N–H and O–H groups in total. The van der Waals surface area contributed by atoms with E-state index in [1.165, 1.54) is 12.1 Å². The Hall–Kier alpha value is -3.67. The van der Waals surface area contributed by atoms with Crippen molar-refractivity contribution in [3.63, 3.8) is 0 Å². The van der Waals surface area contributed by atoms with E-state index in [0.717, 1.165) is 26.8 Å². The summed E-state index contributed by atoms with van der Waals surface area (Å²) in [6, 6.07) is 18.9. The molecule has 2 heterocycles. The van der Waals surface area contributed by atoms with Crippen molar-refractivity contribution in [3.05, 3.63) is 93.1 Å². The smallest absolute Gasteiger partial charge is 0.294 e. The van der Waals surface area contributed by atoms with Gasteiger partial charge in [0, 0.05) is 28.7 Å². The van der Waals surface area contributed by atoms with Crippen LogP contribution in [0.3, 0.4) is 0 Å². The summed E-state index contributed by atoms with van der Waals surface area (Å²) in [4.78, 5) is 42.0. The third kappa shape index (κ3) is 6.55. The molecule has 2 aliphatic heterocycles. The molecule has 11 heteroatoms. The van der Waals surface area contributed by atoms with Crippen LogP contribution in [0.25, 0.3) is 6.08 Å². The van der Waals surface area contributed by atoms with E-state index >= 15 is 0 Å². The van der Waals surface area contributed by atoms with Crippen molar-refractivity contribution >= 4 is 62.2 Å². The van der Waals surface area contributed by atoms with Crippen LogP contribution in [0, 0.1) is 5.82 Å². The summed E-state index contributed by atoms with van der Waals surface area (Å²) >= 11 is 4.16. The van der Waals surface area contributed by atoms with Gasteiger partial charge in [0.2, 0.25) is 5.91 Å². The van der Waals surface area contributed by atoms with Crippen molar-refractivity contribution in [1.29, 1.82) is 0 Å². The maximum absolute atomic E-state index is 14.1. The molecule has 0 spiro atoms. The number of hydrogen-bond acceptors (Lipinski definition) is 7. The normalized spacial score (nSPS) is 16.5. The topological polar surface area (TPSA) is 88.2 Å². The average molecular weight is 627 g/mol. The maximum atomic E-state index is 14.1. The van der Waals surface area contributed by atoms with Gasteiger partial charge in [-0.15, -0.1) is 0 Å². The van der Waals surface area contributed by atoms with Crippen molar-refractivity contribution in [2.24, 2.45) is 0 Å². The zero-order chi connectivity index (χ0) is 28.1. The third-order valence-corrected chi connectivity index (χ3v) is 7.71. The molecule has 0 radical (unpaired) electrons. The fraction of sp³-hybridized carbons (Fsp3) is 0.207. The molecule has 3 aromatic carbocycles.